The number of nitrogens with zero attached hydrogens (tertiary/aromatic N) is 2. The number of nitrogens with two attached hydrogens (primary N) is 1. The zero-order valence-electron chi connectivity index (χ0n) is 9.11. The van der Waals surface area contributed by atoms with Gasteiger partial charge in [0, 0.05) is 6.54 Å². The lowest BCUT2D eigenvalue weighted by molar-refractivity contribution is 0.0943. The number of aromatic nitrogens is 2. The fourth-order valence-electron chi connectivity index (χ4n) is 1.01. The number of hydrogen-bond donors (Lipinski definition) is 3. The highest BCUT2D eigenvalue weighted by Crippen LogP contribution is 2.26. The van der Waals surface area contributed by atoms with Gasteiger partial charge in [0.15, 0.2) is 11.6 Å². The largest absolute Gasteiger partial charge is 0.490 e. The summed E-state index contributed by atoms with van der Waals surface area (Å²) in [5.41, 5.74) is 4.76. The minimum absolute atomic E-state index is 0.269. The summed E-state index contributed by atoms with van der Waals surface area (Å²) in [5.74, 6) is 1.14. The molecule has 1 heterocycles. The Hall–Kier alpha value is -1.56. The van der Waals surface area contributed by atoms with E-state index >= 15 is 0 Å². The van der Waals surface area contributed by atoms with Crippen LogP contribution in [0.4, 0.5) is 11.6 Å². The molecule has 0 aliphatic rings. The molecule has 0 unspecified atom stereocenters. The fourth-order valence-corrected chi connectivity index (χ4v) is 1.01. The third-order valence-electron chi connectivity index (χ3n) is 1.72. The molecule has 15 heavy (non-hydrogen) atoms. The molecule has 0 fully saturated rings. The van der Waals surface area contributed by atoms with Gasteiger partial charge in [0.05, 0.1) is 12.7 Å². The molecule has 1 aromatic rings. The van der Waals surface area contributed by atoms with Crippen molar-refractivity contribution in [3.63, 3.8) is 0 Å². The molecule has 6 nitrogen and oxygen atoms in total. The van der Waals surface area contributed by atoms with E-state index in [4.69, 9.17) is 10.5 Å². The Bertz CT molecular complexity index is 335. The van der Waals surface area contributed by atoms with E-state index in [1.807, 2.05) is 0 Å². The number of hydrogen-bond acceptors (Lipinski definition) is 6. The standard InChI is InChI=1S/C9H16N4O2/c1-9(2,14)4-11-8-6(15-3)7(10)12-5-13-8/h5,14H,4H2,1-3H3,(H3,10,11,12,13). The van der Waals surface area contributed by atoms with E-state index in [-0.39, 0.29) is 5.82 Å². The van der Waals surface area contributed by atoms with E-state index in [2.05, 4.69) is 15.3 Å². The first-order valence-electron chi connectivity index (χ1n) is 4.55. The summed E-state index contributed by atoms with van der Waals surface area (Å²) in [6.07, 6.45) is 1.34. The normalized spacial score (nSPS) is 11.2. The van der Waals surface area contributed by atoms with Gasteiger partial charge in [0.1, 0.15) is 6.33 Å². The van der Waals surface area contributed by atoms with Crippen molar-refractivity contribution < 1.29 is 9.84 Å². The topological polar surface area (TPSA) is 93.3 Å². The lowest BCUT2D eigenvalue weighted by Gasteiger charge is -2.19. The van der Waals surface area contributed by atoms with Gasteiger partial charge >= 0.3 is 0 Å². The zero-order chi connectivity index (χ0) is 11.5. The molecule has 1 aromatic heterocycles. The molecule has 6 heteroatoms. The predicted octanol–water partition coefficient (Wildman–Crippen LogP) is 0.250. The van der Waals surface area contributed by atoms with Crippen LogP contribution in [-0.2, 0) is 0 Å². The molecule has 0 radical (unpaired) electrons. The zero-order valence-corrected chi connectivity index (χ0v) is 9.11. The van der Waals surface area contributed by atoms with E-state index in [9.17, 15) is 5.11 Å². The monoisotopic (exact) mass is 212 g/mol. The van der Waals surface area contributed by atoms with Crippen molar-refractivity contribution >= 4 is 11.6 Å². The second-order valence-electron chi connectivity index (χ2n) is 3.81. The van der Waals surface area contributed by atoms with Crippen LogP contribution >= 0.6 is 0 Å². The second-order valence-corrected chi connectivity index (χ2v) is 3.81. The maximum Gasteiger partial charge on any atom is 0.203 e. The van der Waals surface area contributed by atoms with E-state index in [0.717, 1.165) is 0 Å². The summed E-state index contributed by atoms with van der Waals surface area (Å²) in [4.78, 5) is 7.77. The first-order chi connectivity index (χ1) is 6.94. The Morgan fingerprint density at radius 1 is 1.53 bits per heavy atom. The van der Waals surface area contributed by atoms with Gasteiger partial charge in [-0.3, -0.25) is 0 Å². The van der Waals surface area contributed by atoms with Gasteiger partial charge in [0.2, 0.25) is 5.75 Å². The van der Waals surface area contributed by atoms with Gasteiger partial charge in [0.25, 0.3) is 0 Å². The van der Waals surface area contributed by atoms with Gasteiger partial charge in [-0.1, -0.05) is 0 Å². The Morgan fingerprint density at radius 2 is 2.20 bits per heavy atom. The van der Waals surface area contributed by atoms with Crippen LogP contribution in [0.5, 0.6) is 5.75 Å². The molecule has 0 bridgehead atoms. The molecule has 0 aromatic carbocycles. The van der Waals surface area contributed by atoms with Crippen molar-refractivity contribution in [2.75, 3.05) is 24.7 Å². The van der Waals surface area contributed by atoms with E-state index in [0.29, 0.717) is 18.1 Å². The SMILES string of the molecule is COc1c(N)ncnc1NCC(C)(C)O. The number of nitrogens with one attached hydrogen (secondary N) is 1. The molecule has 0 aliphatic heterocycles. The van der Waals surface area contributed by atoms with Crippen LogP contribution in [0.25, 0.3) is 0 Å². The number of ether oxygens (including phenoxy) is 1. The highest BCUT2D eigenvalue weighted by Gasteiger charge is 2.15. The van der Waals surface area contributed by atoms with Crippen LogP contribution < -0.4 is 15.8 Å². The fraction of sp³-hybridized carbons (Fsp3) is 0.556. The van der Waals surface area contributed by atoms with Crippen molar-refractivity contribution in [1.29, 1.82) is 0 Å². The van der Waals surface area contributed by atoms with Crippen LogP contribution in [-0.4, -0.2) is 34.3 Å². The number of rotatable bonds is 4. The molecule has 0 aliphatic carbocycles. The highest BCUT2D eigenvalue weighted by molar-refractivity contribution is 5.61. The molecule has 1 rings (SSSR count). The number of aliphatic hydroxyl groups is 1. The van der Waals surface area contributed by atoms with Gasteiger partial charge in [-0.2, -0.15) is 0 Å². The van der Waals surface area contributed by atoms with Crippen molar-refractivity contribution in [2.24, 2.45) is 0 Å². The molecule has 0 spiro atoms. The van der Waals surface area contributed by atoms with Crippen LogP contribution in [0.15, 0.2) is 6.33 Å². The molecular weight excluding hydrogens is 196 g/mol. The van der Waals surface area contributed by atoms with Crippen LogP contribution in [0.3, 0.4) is 0 Å². The maximum absolute atomic E-state index is 9.53. The third kappa shape index (κ3) is 3.25. The summed E-state index contributed by atoms with van der Waals surface area (Å²) in [6, 6.07) is 0. The van der Waals surface area contributed by atoms with Gasteiger partial charge in [-0.15, -0.1) is 0 Å². The number of nitrogen functional groups attached to an aromatic ring is 1. The Balaban J connectivity index is 2.81. The Labute approximate surface area is 88.5 Å². The van der Waals surface area contributed by atoms with Crippen LogP contribution in [0.2, 0.25) is 0 Å². The third-order valence-corrected chi connectivity index (χ3v) is 1.72. The summed E-state index contributed by atoms with van der Waals surface area (Å²) in [5, 5.41) is 12.5. The molecule has 0 saturated heterocycles. The van der Waals surface area contributed by atoms with E-state index in [1.165, 1.54) is 13.4 Å². The second kappa shape index (κ2) is 4.31. The molecular formula is C9H16N4O2. The van der Waals surface area contributed by atoms with Crippen LogP contribution in [0, 0.1) is 0 Å². The lowest BCUT2D eigenvalue weighted by Crippen LogP contribution is -2.29. The molecule has 84 valence electrons. The Morgan fingerprint density at radius 3 is 2.73 bits per heavy atom. The highest BCUT2D eigenvalue weighted by atomic mass is 16.5. The van der Waals surface area contributed by atoms with Gasteiger partial charge < -0.3 is 20.9 Å². The first-order valence-corrected chi connectivity index (χ1v) is 4.55. The number of anilines is 2. The Kier molecular flexibility index (Phi) is 3.31. The minimum Gasteiger partial charge on any atom is -0.490 e. The first kappa shape index (κ1) is 11.5. The quantitative estimate of drug-likeness (QED) is 0.662. The average molecular weight is 212 g/mol. The summed E-state index contributed by atoms with van der Waals surface area (Å²) >= 11 is 0. The minimum atomic E-state index is -0.829. The van der Waals surface area contributed by atoms with Crippen molar-refractivity contribution in [3.8, 4) is 5.75 Å². The lowest BCUT2D eigenvalue weighted by atomic mass is 10.1. The van der Waals surface area contributed by atoms with Gasteiger partial charge in [-0.05, 0) is 13.8 Å². The molecule has 4 N–H and O–H groups in total. The van der Waals surface area contributed by atoms with Crippen molar-refractivity contribution in [1.82, 2.24) is 9.97 Å². The van der Waals surface area contributed by atoms with Gasteiger partial charge in [-0.25, -0.2) is 9.97 Å². The van der Waals surface area contributed by atoms with Crippen molar-refractivity contribution in [2.45, 2.75) is 19.4 Å². The van der Waals surface area contributed by atoms with E-state index in [1.54, 1.807) is 13.8 Å². The van der Waals surface area contributed by atoms with E-state index < -0.39 is 5.60 Å². The molecule has 0 atom stereocenters. The predicted molar refractivity (Wildman–Crippen MR) is 57.8 cm³/mol. The summed E-state index contributed by atoms with van der Waals surface area (Å²) in [7, 11) is 1.49. The average Bonchev–Trinajstić information content (AvgIpc) is 2.13. The van der Waals surface area contributed by atoms with Crippen LogP contribution in [0.1, 0.15) is 13.8 Å². The molecule has 0 saturated carbocycles. The summed E-state index contributed by atoms with van der Waals surface area (Å²) in [6.45, 7) is 3.73. The maximum atomic E-state index is 9.53. The smallest absolute Gasteiger partial charge is 0.203 e. The molecule has 0 amide bonds. The summed E-state index contributed by atoms with van der Waals surface area (Å²) < 4.78 is 5.05. The number of methoxy groups -OCH3 is 1. The van der Waals surface area contributed by atoms with Crippen molar-refractivity contribution in [3.05, 3.63) is 6.33 Å².